The molecule has 0 unspecified atom stereocenters. The maximum atomic E-state index is 12.9. The Balaban J connectivity index is 1.56. The number of nitrogens with zero attached hydrogens (tertiary/aromatic N) is 2. The minimum atomic E-state index is -0.211. The summed E-state index contributed by atoms with van der Waals surface area (Å²) < 4.78 is 12.9. The first kappa shape index (κ1) is 17.9. The van der Waals surface area contributed by atoms with Crippen LogP contribution in [0.15, 0.2) is 54.6 Å². The highest BCUT2D eigenvalue weighted by Gasteiger charge is 2.03. The molecular weight excluding hydrogens is 327 g/mol. The van der Waals surface area contributed by atoms with Crippen molar-refractivity contribution in [1.82, 2.24) is 9.97 Å². The Morgan fingerprint density at radius 2 is 1.54 bits per heavy atom. The van der Waals surface area contributed by atoms with E-state index >= 15 is 0 Å². The molecule has 0 aliphatic heterocycles. The lowest BCUT2D eigenvalue weighted by Crippen LogP contribution is -2.10. The van der Waals surface area contributed by atoms with Gasteiger partial charge in [-0.15, -0.1) is 0 Å². The molecule has 26 heavy (non-hydrogen) atoms. The fraction of sp³-hybridized carbons (Fsp3) is 0.238. The van der Waals surface area contributed by atoms with E-state index in [-0.39, 0.29) is 5.82 Å². The summed E-state index contributed by atoms with van der Waals surface area (Å²) in [6.07, 6.45) is 0.801. The van der Waals surface area contributed by atoms with Crippen molar-refractivity contribution in [2.75, 3.05) is 17.2 Å². The van der Waals surface area contributed by atoms with Crippen LogP contribution in [0, 0.1) is 19.7 Å². The van der Waals surface area contributed by atoms with Crippen molar-refractivity contribution < 1.29 is 4.39 Å². The molecule has 0 aliphatic rings. The highest BCUT2D eigenvalue weighted by molar-refractivity contribution is 5.42. The third-order valence-corrected chi connectivity index (χ3v) is 4.06. The number of benzene rings is 2. The van der Waals surface area contributed by atoms with Gasteiger partial charge in [0.25, 0.3) is 0 Å². The van der Waals surface area contributed by atoms with Crippen LogP contribution < -0.4 is 10.6 Å². The molecule has 1 heterocycles. The van der Waals surface area contributed by atoms with Crippen LogP contribution >= 0.6 is 0 Å². The molecule has 3 rings (SSSR count). The second-order valence-electron chi connectivity index (χ2n) is 6.36. The Labute approximate surface area is 153 Å². The van der Waals surface area contributed by atoms with Crippen LogP contribution in [0.3, 0.4) is 0 Å². The van der Waals surface area contributed by atoms with Gasteiger partial charge in [0.2, 0.25) is 5.95 Å². The maximum absolute atomic E-state index is 12.9. The van der Waals surface area contributed by atoms with E-state index in [2.05, 4.69) is 51.8 Å². The molecule has 4 nitrogen and oxygen atoms in total. The molecular formula is C21H23FN4. The van der Waals surface area contributed by atoms with E-state index in [9.17, 15) is 4.39 Å². The van der Waals surface area contributed by atoms with Crippen molar-refractivity contribution in [1.29, 1.82) is 0 Å². The zero-order valence-electron chi connectivity index (χ0n) is 15.1. The van der Waals surface area contributed by atoms with E-state index in [1.807, 2.05) is 13.0 Å². The highest BCUT2D eigenvalue weighted by atomic mass is 19.1. The van der Waals surface area contributed by atoms with E-state index in [1.54, 1.807) is 12.1 Å². The minimum absolute atomic E-state index is 0.211. The van der Waals surface area contributed by atoms with Crippen LogP contribution in [0.25, 0.3) is 0 Å². The van der Waals surface area contributed by atoms with Crippen LogP contribution in [-0.4, -0.2) is 16.5 Å². The second-order valence-corrected chi connectivity index (χ2v) is 6.36. The number of halogens is 1. The van der Waals surface area contributed by atoms with Crippen molar-refractivity contribution in [3.8, 4) is 0 Å². The largest absolute Gasteiger partial charge is 0.370 e. The van der Waals surface area contributed by atoms with Crippen LogP contribution in [0.1, 0.15) is 22.4 Å². The minimum Gasteiger partial charge on any atom is -0.370 e. The van der Waals surface area contributed by atoms with Crippen LogP contribution in [0.5, 0.6) is 0 Å². The average molecular weight is 350 g/mol. The van der Waals surface area contributed by atoms with E-state index < -0.39 is 0 Å². The highest BCUT2D eigenvalue weighted by Crippen LogP contribution is 2.12. The van der Waals surface area contributed by atoms with Gasteiger partial charge >= 0.3 is 0 Å². The lowest BCUT2D eigenvalue weighted by atomic mass is 10.1. The molecule has 134 valence electrons. The molecule has 0 atom stereocenters. The topological polar surface area (TPSA) is 49.8 Å². The number of aromatic nitrogens is 2. The van der Waals surface area contributed by atoms with Crippen molar-refractivity contribution in [2.45, 2.75) is 26.8 Å². The summed E-state index contributed by atoms with van der Waals surface area (Å²) in [4.78, 5) is 8.96. The molecule has 0 amide bonds. The van der Waals surface area contributed by atoms with Gasteiger partial charge in [0.15, 0.2) is 0 Å². The summed E-state index contributed by atoms with van der Waals surface area (Å²) >= 11 is 0. The molecule has 3 aromatic rings. The van der Waals surface area contributed by atoms with Crippen LogP contribution in [-0.2, 0) is 13.0 Å². The summed E-state index contributed by atoms with van der Waals surface area (Å²) in [5, 5.41) is 6.58. The first-order valence-corrected chi connectivity index (χ1v) is 8.72. The molecule has 2 N–H and O–H groups in total. The molecule has 0 spiro atoms. The number of nitrogens with one attached hydrogen (secondary N) is 2. The summed E-state index contributed by atoms with van der Waals surface area (Å²) in [5.74, 6) is 1.18. The molecule has 0 saturated carbocycles. The van der Waals surface area contributed by atoms with E-state index in [0.29, 0.717) is 12.5 Å². The van der Waals surface area contributed by atoms with Crippen LogP contribution in [0.2, 0.25) is 0 Å². The number of hydrogen-bond acceptors (Lipinski definition) is 4. The Morgan fingerprint density at radius 1 is 0.846 bits per heavy atom. The third-order valence-electron chi connectivity index (χ3n) is 4.06. The normalized spacial score (nSPS) is 10.6. The quantitative estimate of drug-likeness (QED) is 0.659. The predicted octanol–water partition coefficient (Wildman–Crippen LogP) is 4.50. The van der Waals surface area contributed by atoms with Crippen molar-refractivity contribution in [3.05, 3.63) is 82.8 Å². The van der Waals surface area contributed by atoms with Gasteiger partial charge in [0, 0.05) is 24.8 Å². The van der Waals surface area contributed by atoms with Crippen LogP contribution in [0.4, 0.5) is 16.2 Å². The van der Waals surface area contributed by atoms with Gasteiger partial charge in [-0.25, -0.2) is 9.37 Å². The summed E-state index contributed by atoms with van der Waals surface area (Å²) in [7, 11) is 0. The second kappa shape index (κ2) is 8.43. The molecule has 0 saturated heterocycles. The fourth-order valence-electron chi connectivity index (χ4n) is 2.61. The Kier molecular flexibility index (Phi) is 5.79. The number of hydrogen-bond donors (Lipinski definition) is 2. The lowest BCUT2D eigenvalue weighted by molar-refractivity contribution is 0.627. The summed E-state index contributed by atoms with van der Waals surface area (Å²) in [5.41, 5.74) is 4.41. The average Bonchev–Trinajstić information content (AvgIpc) is 2.63. The van der Waals surface area contributed by atoms with Gasteiger partial charge in [0.05, 0.1) is 0 Å². The maximum Gasteiger partial charge on any atom is 0.225 e. The zero-order valence-corrected chi connectivity index (χ0v) is 15.1. The number of rotatable bonds is 7. The molecule has 1 aromatic heterocycles. The monoisotopic (exact) mass is 350 g/mol. The predicted molar refractivity (Wildman–Crippen MR) is 104 cm³/mol. The zero-order chi connectivity index (χ0) is 18.4. The van der Waals surface area contributed by atoms with E-state index in [0.717, 1.165) is 30.0 Å². The van der Waals surface area contributed by atoms with Gasteiger partial charge < -0.3 is 10.6 Å². The molecule has 5 heteroatoms. The number of anilines is 2. The first-order chi connectivity index (χ1) is 12.6. The Morgan fingerprint density at radius 3 is 2.27 bits per heavy atom. The van der Waals surface area contributed by atoms with Crippen molar-refractivity contribution >= 4 is 11.8 Å². The Bertz CT molecular complexity index is 845. The first-order valence-electron chi connectivity index (χ1n) is 8.72. The third kappa shape index (κ3) is 5.28. The van der Waals surface area contributed by atoms with Crippen molar-refractivity contribution in [3.63, 3.8) is 0 Å². The molecule has 0 bridgehead atoms. The fourth-order valence-corrected chi connectivity index (χ4v) is 2.61. The summed E-state index contributed by atoms with van der Waals surface area (Å²) in [6, 6.07) is 16.9. The molecule has 0 aliphatic carbocycles. The van der Waals surface area contributed by atoms with Crippen molar-refractivity contribution in [2.24, 2.45) is 0 Å². The SMILES string of the molecule is Cc1ccc(CNc2nc(C)cc(NCCc3ccc(F)cc3)n2)cc1. The number of aryl methyl sites for hydroxylation is 2. The van der Waals surface area contributed by atoms with E-state index in [4.69, 9.17) is 0 Å². The molecule has 2 aromatic carbocycles. The summed E-state index contributed by atoms with van der Waals surface area (Å²) in [6.45, 7) is 5.42. The standard InChI is InChI=1S/C21H23FN4/c1-15-3-5-18(6-4-15)14-24-21-25-16(2)13-20(26-21)23-12-11-17-7-9-19(22)10-8-17/h3-10,13H,11-12,14H2,1-2H3,(H2,23,24,25,26). The van der Waals surface area contributed by atoms with Gasteiger partial charge in [-0.3, -0.25) is 0 Å². The van der Waals surface area contributed by atoms with Gasteiger partial charge in [-0.1, -0.05) is 42.0 Å². The van der Waals surface area contributed by atoms with Gasteiger partial charge in [0.1, 0.15) is 11.6 Å². The molecule has 0 radical (unpaired) electrons. The van der Waals surface area contributed by atoms with Gasteiger partial charge in [-0.05, 0) is 43.5 Å². The Hall–Kier alpha value is -2.95. The van der Waals surface area contributed by atoms with Gasteiger partial charge in [-0.2, -0.15) is 4.98 Å². The lowest BCUT2D eigenvalue weighted by Gasteiger charge is -2.10. The van der Waals surface area contributed by atoms with E-state index in [1.165, 1.54) is 23.3 Å². The smallest absolute Gasteiger partial charge is 0.225 e. The molecule has 0 fully saturated rings.